The second-order valence-corrected chi connectivity index (χ2v) is 5.57. The predicted molar refractivity (Wildman–Crippen MR) is 103 cm³/mol. The normalized spacial score (nSPS) is 13.0. The molecule has 0 spiro atoms. The fourth-order valence-electron chi connectivity index (χ4n) is 2.31. The topological polar surface area (TPSA) is 149 Å². The summed E-state index contributed by atoms with van der Waals surface area (Å²) >= 11 is 0. The van der Waals surface area contributed by atoms with Crippen molar-refractivity contribution in [3.8, 4) is 17.6 Å². The molecule has 0 aliphatic carbocycles. The van der Waals surface area contributed by atoms with E-state index in [0.717, 1.165) is 32.0 Å². The van der Waals surface area contributed by atoms with Crippen molar-refractivity contribution < 1.29 is 4.74 Å². The Hall–Kier alpha value is -3.62. The Bertz CT molecular complexity index is 889. The average molecular weight is 380 g/mol. The summed E-state index contributed by atoms with van der Waals surface area (Å²) in [6.45, 7) is 3.83. The van der Waals surface area contributed by atoms with E-state index in [-0.39, 0.29) is 5.69 Å². The summed E-state index contributed by atoms with van der Waals surface area (Å²) < 4.78 is 5.01. The van der Waals surface area contributed by atoms with Crippen LogP contribution in [0.3, 0.4) is 0 Å². The number of hydrogen-bond acceptors (Lipinski definition) is 10. The number of anilines is 3. The molecule has 28 heavy (non-hydrogen) atoms. The monoisotopic (exact) mass is 380 g/mol. The van der Waals surface area contributed by atoms with Gasteiger partial charge in [-0.2, -0.15) is 5.26 Å². The maximum Gasteiger partial charge on any atom is 0.160 e. The van der Waals surface area contributed by atoms with Crippen LogP contribution in [0.15, 0.2) is 30.9 Å². The molecule has 4 rings (SSSR count). The first-order valence-electron chi connectivity index (χ1n) is 8.63. The molecule has 0 saturated carbocycles. The summed E-state index contributed by atoms with van der Waals surface area (Å²) in [6, 6.07) is 3.69. The van der Waals surface area contributed by atoms with E-state index >= 15 is 0 Å². The quantitative estimate of drug-likeness (QED) is 0.514. The Labute approximate surface area is 161 Å². The molecule has 11 nitrogen and oxygen atoms in total. The van der Waals surface area contributed by atoms with Gasteiger partial charge in [-0.1, -0.05) is 0 Å². The average Bonchev–Trinajstić information content (AvgIpc) is 3.30. The lowest BCUT2D eigenvalue weighted by atomic mass is 10.3. The molecular formula is C17H20N10O. The van der Waals surface area contributed by atoms with E-state index in [1.807, 2.05) is 6.07 Å². The van der Waals surface area contributed by atoms with Gasteiger partial charge in [0.2, 0.25) is 0 Å². The first-order valence-corrected chi connectivity index (χ1v) is 8.63. The van der Waals surface area contributed by atoms with Crippen molar-refractivity contribution in [3.05, 3.63) is 36.5 Å². The third-order valence-electron chi connectivity index (χ3n) is 3.65. The molecule has 1 fully saturated rings. The molecule has 4 heterocycles. The molecule has 0 bridgehead atoms. The number of nitrogens with one attached hydrogen (secondary N) is 4. The Morgan fingerprint density at radius 2 is 1.96 bits per heavy atom. The number of aromatic nitrogens is 6. The first kappa shape index (κ1) is 19.2. The van der Waals surface area contributed by atoms with E-state index in [9.17, 15) is 0 Å². The predicted octanol–water partition coefficient (Wildman–Crippen LogP) is 0.920. The molecule has 1 saturated heterocycles. The number of hydrogen-bond donors (Lipinski definition) is 4. The van der Waals surface area contributed by atoms with Crippen LogP contribution in [0.2, 0.25) is 0 Å². The third-order valence-corrected chi connectivity index (χ3v) is 3.65. The Kier molecular flexibility index (Phi) is 6.78. The highest BCUT2D eigenvalue weighted by Gasteiger charge is 2.11. The van der Waals surface area contributed by atoms with Gasteiger partial charge in [-0.05, 0) is 0 Å². The van der Waals surface area contributed by atoms with Gasteiger partial charge in [-0.25, -0.2) is 15.0 Å². The minimum atomic E-state index is 0.251. The van der Waals surface area contributed by atoms with Crippen molar-refractivity contribution in [2.45, 2.75) is 0 Å². The zero-order chi connectivity index (χ0) is 19.6. The number of nitrogens with zero attached hydrogens (tertiary/aromatic N) is 6. The Morgan fingerprint density at radius 3 is 2.50 bits per heavy atom. The molecule has 0 radical (unpaired) electrons. The van der Waals surface area contributed by atoms with Crippen LogP contribution in [-0.4, -0.2) is 63.5 Å². The minimum absolute atomic E-state index is 0.251. The summed E-state index contributed by atoms with van der Waals surface area (Å²) in [7, 11) is 1.79. The Morgan fingerprint density at radius 1 is 1.11 bits per heavy atom. The molecule has 0 amide bonds. The number of nitriles is 1. The number of morpholine rings is 1. The van der Waals surface area contributed by atoms with E-state index in [1.54, 1.807) is 25.5 Å². The highest BCUT2D eigenvalue weighted by atomic mass is 16.5. The van der Waals surface area contributed by atoms with Crippen molar-refractivity contribution >= 4 is 17.3 Å². The summed E-state index contributed by atoms with van der Waals surface area (Å²) in [5, 5.41) is 26.1. The van der Waals surface area contributed by atoms with E-state index in [0.29, 0.717) is 23.2 Å². The highest BCUT2D eigenvalue weighted by molar-refractivity contribution is 5.72. The lowest BCUT2D eigenvalue weighted by Crippen LogP contribution is -2.30. The van der Waals surface area contributed by atoms with Crippen LogP contribution in [0.1, 0.15) is 5.69 Å². The molecule has 1 aliphatic heterocycles. The fourth-order valence-corrected chi connectivity index (χ4v) is 2.31. The second-order valence-electron chi connectivity index (χ2n) is 5.57. The van der Waals surface area contributed by atoms with Gasteiger partial charge in [-0.3, -0.25) is 0 Å². The van der Waals surface area contributed by atoms with Crippen LogP contribution in [0.4, 0.5) is 17.3 Å². The fraction of sp³-hybridized carbons (Fsp3) is 0.294. The van der Waals surface area contributed by atoms with Crippen molar-refractivity contribution in [2.24, 2.45) is 0 Å². The van der Waals surface area contributed by atoms with E-state index in [1.165, 1.54) is 12.4 Å². The molecule has 4 N–H and O–H groups in total. The van der Waals surface area contributed by atoms with Gasteiger partial charge in [0.15, 0.2) is 23.0 Å². The molecule has 0 aromatic carbocycles. The molecule has 3 aromatic heterocycles. The van der Waals surface area contributed by atoms with Gasteiger partial charge in [0.1, 0.15) is 11.9 Å². The zero-order valence-corrected chi connectivity index (χ0v) is 15.3. The maximum atomic E-state index is 8.70. The van der Waals surface area contributed by atoms with Crippen molar-refractivity contribution in [1.29, 1.82) is 5.26 Å². The summed E-state index contributed by atoms with van der Waals surface area (Å²) in [5.41, 5.74) is 1.62. The molecular weight excluding hydrogens is 360 g/mol. The van der Waals surface area contributed by atoms with Gasteiger partial charge >= 0.3 is 0 Å². The molecule has 1 aliphatic rings. The molecule has 144 valence electrons. The minimum Gasteiger partial charge on any atom is -0.386 e. The van der Waals surface area contributed by atoms with Crippen LogP contribution >= 0.6 is 0 Å². The summed E-state index contributed by atoms with van der Waals surface area (Å²) in [5.74, 6) is 1.60. The van der Waals surface area contributed by atoms with Gasteiger partial charge in [0.25, 0.3) is 0 Å². The second kappa shape index (κ2) is 9.91. The first-order chi connectivity index (χ1) is 13.8. The zero-order valence-electron chi connectivity index (χ0n) is 15.3. The number of ether oxygens (including phenoxy) is 1. The van der Waals surface area contributed by atoms with Crippen molar-refractivity contribution in [1.82, 2.24) is 35.5 Å². The van der Waals surface area contributed by atoms with Crippen LogP contribution in [0, 0.1) is 11.3 Å². The van der Waals surface area contributed by atoms with Crippen molar-refractivity contribution in [2.75, 3.05) is 44.0 Å². The summed E-state index contributed by atoms with van der Waals surface area (Å²) in [4.78, 5) is 15.1. The SMILES string of the molecule is C1COCCN1.CNc1cc(Nc2cnc(C#N)cn2)nnc1-c1ncc[nH]1. The smallest absolute Gasteiger partial charge is 0.160 e. The number of rotatable bonds is 4. The highest BCUT2D eigenvalue weighted by Crippen LogP contribution is 2.24. The van der Waals surface area contributed by atoms with E-state index in [4.69, 9.17) is 10.00 Å². The number of H-pyrrole nitrogens is 1. The van der Waals surface area contributed by atoms with Crippen LogP contribution in [0.25, 0.3) is 11.5 Å². The number of aromatic amines is 1. The van der Waals surface area contributed by atoms with Crippen molar-refractivity contribution in [3.63, 3.8) is 0 Å². The van der Waals surface area contributed by atoms with Gasteiger partial charge in [0.05, 0.1) is 31.3 Å². The van der Waals surface area contributed by atoms with Crippen LogP contribution in [-0.2, 0) is 4.74 Å². The largest absolute Gasteiger partial charge is 0.386 e. The number of imidazole rings is 1. The van der Waals surface area contributed by atoms with Gasteiger partial charge in [0, 0.05) is 38.6 Å². The van der Waals surface area contributed by atoms with Gasteiger partial charge in [-0.15, -0.1) is 10.2 Å². The van der Waals surface area contributed by atoms with Gasteiger partial charge < -0.3 is 25.7 Å². The third kappa shape index (κ3) is 5.19. The molecule has 0 unspecified atom stereocenters. The maximum absolute atomic E-state index is 8.70. The standard InChI is InChI=1S/C13H11N9.C4H9NO/c1-15-9-4-10(20-11-7-18-8(5-14)6-19-11)21-22-12(9)13-16-2-3-17-13;1-3-6-4-2-5-1/h2-4,6-7H,1H3,(H,16,17)(H2,15,19,20,21);5H,1-4H2. The van der Waals surface area contributed by atoms with Crippen LogP contribution < -0.4 is 16.0 Å². The van der Waals surface area contributed by atoms with E-state index in [2.05, 4.69) is 46.1 Å². The molecule has 11 heteroatoms. The molecule has 3 aromatic rings. The van der Waals surface area contributed by atoms with E-state index < -0.39 is 0 Å². The van der Waals surface area contributed by atoms with Crippen LogP contribution in [0.5, 0.6) is 0 Å². The summed E-state index contributed by atoms with van der Waals surface area (Å²) in [6.07, 6.45) is 6.20. The lowest BCUT2D eigenvalue weighted by Gasteiger charge is -2.10. The molecule has 0 atom stereocenters. The lowest BCUT2D eigenvalue weighted by molar-refractivity contribution is 0.109. The Balaban J connectivity index is 0.000000320.